The molecule has 2 atom stereocenters. The minimum atomic E-state index is 0.454. The van der Waals surface area contributed by atoms with Crippen LogP contribution in [0.5, 0.6) is 0 Å². The average molecular weight is 243 g/mol. The molecular formula is C13H29N3O. The summed E-state index contributed by atoms with van der Waals surface area (Å²) >= 11 is 0. The highest BCUT2D eigenvalue weighted by atomic mass is 16.5. The first-order valence-electron chi connectivity index (χ1n) is 6.83. The number of piperazine rings is 1. The largest absolute Gasteiger partial charge is 0.383 e. The van der Waals surface area contributed by atoms with Crippen LogP contribution >= 0.6 is 0 Å². The van der Waals surface area contributed by atoms with E-state index in [-0.39, 0.29) is 0 Å². The molecule has 0 radical (unpaired) electrons. The molecule has 0 spiro atoms. The third-order valence-corrected chi connectivity index (χ3v) is 3.88. The molecule has 0 saturated carbocycles. The van der Waals surface area contributed by atoms with Crippen molar-refractivity contribution in [2.24, 2.45) is 0 Å². The Morgan fingerprint density at radius 2 is 1.88 bits per heavy atom. The van der Waals surface area contributed by atoms with Gasteiger partial charge < -0.3 is 10.1 Å². The van der Waals surface area contributed by atoms with E-state index in [0.29, 0.717) is 6.04 Å². The molecule has 2 unspecified atom stereocenters. The first-order chi connectivity index (χ1) is 8.21. The minimum Gasteiger partial charge on any atom is -0.383 e. The van der Waals surface area contributed by atoms with Crippen LogP contribution in [0.2, 0.25) is 0 Å². The number of ether oxygens (including phenoxy) is 1. The van der Waals surface area contributed by atoms with Crippen molar-refractivity contribution in [1.29, 1.82) is 0 Å². The molecule has 0 aromatic carbocycles. The SMILES string of the molecule is CCC(C)N1CCN(CC(COC)NC)CC1. The monoisotopic (exact) mass is 243 g/mol. The number of rotatable bonds is 7. The first-order valence-corrected chi connectivity index (χ1v) is 6.83. The fourth-order valence-electron chi connectivity index (χ4n) is 2.39. The summed E-state index contributed by atoms with van der Waals surface area (Å²) in [6, 6.07) is 1.19. The normalized spacial score (nSPS) is 22.6. The Bertz CT molecular complexity index is 193. The summed E-state index contributed by atoms with van der Waals surface area (Å²) in [4.78, 5) is 5.14. The van der Waals surface area contributed by atoms with E-state index >= 15 is 0 Å². The second-order valence-electron chi connectivity index (χ2n) is 5.03. The van der Waals surface area contributed by atoms with Crippen molar-refractivity contribution in [2.45, 2.75) is 32.4 Å². The minimum absolute atomic E-state index is 0.454. The molecule has 1 N–H and O–H groups in total. The van der Waals surface area contributed by atoms with Gasteiger partial charge in [0, 0.05) is 51.9 Å². The van der Waals surface area contributed by atoms with Gasteiger partial charge in [-0.2, -0.15) is 0 Å². The van der Waals surface area contributed by atoms with Crippen molar-refractivity contribution >= 4 is 0 Å². The molecule has 1 rings (SSSR count). The molecule has 1 aliphatic heterocycles. The van der Waals surface area contributed by atoms with Gasteiger partial charge in [0.05, 0.1) is 6.61 Å². The zero-order valence-electron chi connectivity index (χ0n) is 11.9. The lowest BCUT2D eigenvalue weighted by molar-refractivity contribution is 0.0808. The van der Waals surface area contributed by atoms with Crippen LogP contribution in [-0.4, -0.2) is 75.4 Å². The number of hydrogen-bond donors (Lipinski definition) is 1. The molecule has 1 saturated heterocycles. The fraction of sp³-hybridized carbons (Fsp3) is 1.00. The van der Waals surface area contributed by atoms with Crippen molar-refractivity contribution in [2.75, 3.05) is 53.5 Å². The van der Waals surface area contributed by atoms with Gasteiger partial charge in [-0.25, -0.2) is 0 Å². The number of likely N-dealkylation sites (N-methyl/N-ethyl adjacent to an activating group) is 1. The van der Waals surface area contributed by atoms with Gasteiger partial charge in [-0.15, -0.1) is 0 Å². The molecule has 4 nitrogen and oxygen atoms in total. The Morgan fingerprint density at radius 3 is 2.35 bits per heavy atom. The van der Waals surface area contributed by atoms with Crippen molar-refractivity contribution in [3.8, 4) is 0 Å². The number of methoxy groups -OCH3 is 1. The molecule has 0 aromatic rings. The van der Waals surface area contributed by atoms with Crippen LogP contribution in [0.3, 0.4) is 0 Å². The number of nitrogens with zero attached hydrogens (tertiary/aromatic N) is 2. The smallest absolute Gasteiger partial charge is 0.0628 e. The van der Waals surface area contributed by atoms with E-state index in [4.69, 9.17) is 4.74 Å². The summed E-state index contributed by atoms with van der Waals surface area (Å²) in [7, 11) is 3.78. The van der Waals surface area contributed by atoms with Crippen LogP contribution in [0.15, 0.2) is 0 Å². The van der Waals surface area contributed by atoms with Gasteiger partial charge in [0.2, 0.25) is 0 Å². The lowest BCUT2D eigenvalue weighted by Crippen LogP contribution is -2.53. The molecule has 0 aromatic heterocycles. The summed E-state index contributed by atoms with van der Waals surface area (Å²) in [5.41, 5.74) is 0. The lowest BCUT2D eigenvalue weighted by atomic mass is 10.2. The Morgan fingerprint density at radius 1 is 1.24 bits per heavy atom. The Labute approximate surface area is 106 Å². The van der Waals surface area contributed by atoms with E-state index < -0.39 is 0 Å². The number of hydrogen-bond acceptors (Lipinski definition) is 4. The van der Waals surface area contributed by atoms with E-state index in [9.17, 15) is 0 Å². The van der Waals surface area contributed by atoms with Crippen LogP contribution < -0.4 is 5.32 Å². The molecule has 1 heterocycles. The zero-order chi connectivity index (χ0) is 12.7. The molecule has 17 heavy (non-hydrogen) atoms. The molecular weight excluding hydrogens is 214 g/mol. The van der Waals surface area contributed by atoms with Gasteiger partial charge in [-0.1, -0.05) is 6.92 Å². The maximum atomic E-state index is 5.21. The van der Waals surface area contributed by atoms with Crippen LogP contribution in [0.25, 0.3) is 0 Å². The predicted molar refractivity (Wildman–Crippen MR) is 72.5 cm³/mol. The van der Waals surface area contributed by atoms with Crippen LogP contribution in [0, 0.1) is 0 Å². The highest BCUT2D eigenvalue weighted by Crippen LogP contribution is 2.08. The Balaban J connectivity index is 2.26. The van der Waals surface area contributed by atoms with Crippen LogP contribution in [0.1, 0.15) is 20.3 Å². The lowest BCUT2D eigenvalue weighted by Gasteiger charge is -2.39. The van der Waals surface area contributed by atoms with E-state index in [1.165, 1.54) is 32.6 Å². The standard InChI is InChI=1S/C13H29N3O/c1-5-12(2)16-8-6-15(7-9-16)10-13(14-3)11-17-4/h12-14H,5-11H2,1-4H3. The molecule has 102 valence electrons. The second kappa shape index (κ2) is 8.03. The molecule has 4 heteroatoms. The highest BCUT2D eigenvalue weighted by Gasteiger charge is 2.21. The maximum Gasteiger partial charge on any atom is 0.0628 e. The predicted octanol–water partition coefficient (Wildman–Crippen LogP) is 0.637. The Kier molecular flexibility index (Phi) is 7.04. The molecule has 1 fully saturated rings. The van der Waals surface area contributed by atoms with E-state index in [0.717, 1.165) is 19.2 Å². The third-order valence-electron chi connectivity index (χ3n) is 3.88. The third kappa shape index (κ3) is 4.92. The molecule has 1 aliphatic rings. The molecule has 0 aliphatic carbocycles. The molecule has 0 bridgehead atoms. The highest BCUT2D eigenvalue weighted by molar-refractivity contribution is 4.78. The van der Waals surface area contributed by atoms with Gasteiger partial charge >= 0.3 is 0 Å². The summed E-state index contributed by atoms with van der Waals surface area (Å²) in [6.45, 7) is 11.3. The van der Waals surface area contributed by atoms with Gasteiger partial charge in [-0.05, 0) is 20.4 Å². The average Bonchev–Trinajstić information content (AvgIpc) is 2.38. The van der Waals surface area contributed by atoms with Gasteiger partial charge in [-0.3, -0.25) is 9.80 Å². The quantitative estimate of drug-likeness (QED) is 0.710. The van der Waals surface area contributed by atoms with Crippen molar-refractivity contribution in [1.82, 2.24) is 15.1 Å². The second-order valence-corrected chi connectivity index (χ2v) is 5.03. The van der Waals surface area contributed by atoms with Crippen molar-refractivity contribution in [3.05, 3.63) is 0 Å². The van der Waals surface area contributed by atoms with E-state index in [2.05, 4.69) is 29.0 Å². The summed E-state index contributed by atoms with van der Waals surface area (Å²) in [5.74, 6) is 0. The first kappa shape index (κ1) is 14.9. The summed E-state index contributed by atoms with van der Waals surface area (Å²) in [5, 5.41) is 3.32. The van der Waals surface area contributed by atoms with E-state index in [1.54, 1.807) is 7.11 Å². The maximum absolute atomic E-state index is 5.21. The van der Waals surface area contributed by atoms with E-state index in [1.807, 2.05) is 7.05 Å². The zero-order valence-corrected chi connectivity index (χ0v) is 11.9. The van der Waals surface area contributed by atoms with Crippen molar-refractivity contribution < 1.29 is 4.74 Å². The summed E-state index contributed by atoms with van der Waals surface area (Å²) in [6.07, 6.45) is 1.25. The van der Waals surface area contributed by atoms with Crippen LogP contribution in [-0.2, 0) is 4.74 Å². The van der Waals surface area contributed by atoms with Gasteiger partial charge in [0.25, 0.3) is 0 Å². The topological polar surface area (TPSA) is 27.7 Å². The Hall–Kier alpha value is -0.160. The van der Waals surface area contributed by atoms with Crippen molar-refractivity contribution in [3.63, 3.8) is 0 Å². The van der Waals surface area contributed by atoms with Gasteiger partial charge in [0.1, 0.15) is 0 Å². The summed E-state index contributed by atoms with van der Waals surface area (Å²) < 4.78 is 5.21. The number of nitrogens with one attached hydrogen (secondary N) is 1. The van der Waals surface area contributed by atoms with Crippen LogP contribution in [0.4, 0.5) is 0 Å². The van der Waals surface area contributed by atoms with Gasteiger partial charge in [0.15, 0.2) is 0 Å². The fourth-order valence-corrected chi connectivity index (χ4v) is 2.39. The molecule has 0 amide bonds.